The number of aromatic carboxylic acids is 1. The van der Waals surface area contributed by atoms with Gasteiger partial charge in [-0.25, -0.2) is 4.79 Å². The average Bonchev–Trinajstić information content (AvgIpc) is 2.72. The fraction of sp³-hybridized carbons (Fsp3) is 0.0435. The average molecular weight is 390 g/mol. The Morgan fingerprint density at radius 2 is 1.75 bits per heavy atom. The van der Waals surface area contributed by atoms with Gasteiger partial charge in [0.25, 0.3) is 0 Å². The second-order valence-electron chi connectivity index (χ2n) is 6.04. The smallest absolute Gasteiger partial charge is 0.335 e. The second kappa shape index (κ2) is 8.90. The van der Waals surface area contributed by atoms with Crippen molar-refractivity contribution in [3.8, 4) is 11.8 Å². The van der Waals surface area contributed by atoms with E-state index in [1.165, 1.54) is 0 Å². The number of benzene rings is 3. The molecule has 0 aliphatic carbocycles. The Bertz CT molecular complexity index is 1050. The maximum Gasteiger partial charge on any atom is 0.335 e. The fourth-order valence-corrected chi connectivity index (χ4v) is 2.72. The van der Waals surface area contributed by atoms with E-state index >= 15 is 0 Å². The van der Waals surface area contributed by atoms with E-state index in [4.69, 9.17) is 21.4 Å². The molecule has 0 atom stereocenters. The maximum absolute atomic E-state index is 11.0. The van der Waals surface area contributed by atoms with Crippen LogP contribution in [0.3, 0.4) is 0 Å². The van der Waals surface area contributed by atoms with E-state index in [0.29, 0.717) is 16.3 Å². The third kappa shape index (κ3) is 5.00. The summed E-state index contributed by atoms with van der Waals surface area (Å²) < 4.78 is 5.72. The lowest BCUT2D eigenvalue weighted by atomic mass is 10.0. The van der Waals surface area contributed by atoms with Crippen LogP contribution in [0.4, 0.5) is 0 Å². The lowest BCUT2D eigenvalue weighted by Crippen LogP contribution is -2.00. The summed E-state index contributed by atoms with van der Waals surface area (Å²) in [7, 11) is 0. The zero-order valence-corrected chi connectivity index (χ0v) is 15.6. The van der Waals surface area contributed by atoms with Crippen LogP contribution in [0.1, 0.15) is 27.0 Å². The summed E-state index contributed by atoms with van der Waals surface area (Å²) >= 11 is 5.89. The van der Waals surface area contributed by atoms with E-state index in [2.05, 4.69) is 6.07 Å². The van der Waals surface area contributed by atoms with Gasteiger partial charge in [-0.2, -0.15) is 5.26 Å². The van der Waals surface area contributed by atoms with Crippen LogP contribution < -0.4 is 4.74 Å². The van der Waals surface area contributed by atoms with Gasteiger partial charge in [-0.3, -0.25) is 0 Å². The molecule has 0 spiro atoms. The highest BCUT2D eigenvalue weighted by molar-refractivity contribution is 6.30. The van der Waals surface area contributed by atoms with Crippen molar-refractivity contribution in [2.24, 2.45) is 0 Å². The van der Waals surface area contributed by atoms with Crippen molar-refractivity contribution in [3.05, 3.63) is 100 Å². The number of carbonyl (C=O) groups is 1. The van der Waals surface area contributed by atoms with Crippen LogP contribution in [-0.2, 0) is 6.61 Å². The van der Waals surface area contributed by atoms with Gasteiger partial charge in [-0.15, -0.1) is 0 Å². The zero-order valence-electron chi connectivity index (χ0n) is 14.8. The van der Waals surface area contributed by atoms with Crippen LogP contribution in [0.2, 0.25) is 5.02 Å². The highest BCUT2D eigenvalue weighted by Gasteiger charge is 2.04. The van der Waals surface area contributed by atoms with Gasteiger partial charge < -0.3 is 9.84 Å². The Labute approximate surface area is 167 Å². The largest absolute Gasteiger partial charge is 0.489 e. The SMILES string of the molecule is N#C/C(=C/c1ccc(OCc2cccc(C(=O)O)c2)cc1)c1ccc(Cl)cc1. The highest BCUT2D eigenvalue weighted by atomic mass is 35.5. The van der Waals surface area contributed by atoms with Crippen molar-refractivity contribution < 1.29 is 14.6 Å². The van der Waals surface area contributed by atoms with Gasteiger partial charge in [-0.05, 0) is 59.2 Å². The molecule has 0 saturated heterocycles. The van der Waals surface area contributed by atoms with E-state index in [1.54, 1.807) is 48.5 Å². The van der Waals surface area contributed by atoms with Crippen LogP contribution in [0, 0.1) is 11.3 Å². The maximum atomic E-state index is 11.0. The first-order valence-electron chi connectivity index (χ1n) is 8.48. The quantitative estimate of drug-likeness (QED) is 0.434. The molecular formula is C23H16ClNO3. The molecule has 0 aromatic heterocycles. The van der Waals surface area contributed by atoms with Gasteiger partial charge in [0, 0.05) is 5.02 Å². The molecule has 3 aromatic carbocycles. The number of nitriles is 1. The lowest BCUT2D eigenvalue weighted by Gasteiger charge is -2.07. The highest BCUT2D eigenvalue weighted by Crippen LogP contribution is 2.22. The molecule has 4 nitrogen and oxygen atoms in total. The number of carboxylic acids is 1. The Morgan fingerprint density at radius 1 is 1.04 bits per heavy atom. The standard InChI is InChI=1S/C23H16ClNO3/c24-21-8-6-18(7-9-21)20(14-25)12-16-4-10-22(11-5-16)28-15-17-2-1-3-19(13-17)23(26)27/h1-13H,15H2,(H,26,27)/b20-12-. The summed E-state index contributed by atoms with van der Waals surface area (Å²) in [5.74, 6) is -0.310. The minimum absolute atomic E-state index is 0.229. The topological polar surface area (TPSA) is 70.3 Å². The van der Waals surface area contributed by atoms with E-state index in [-0.39, 0.29) is 12.2 Å². The van der Waals surface area contributed by atoms with Gasteiger partial charge in [0.05, 0.1) is 17.2 Å². The molecule has 0 saturated carbocycles. The molecule has 0 fully saturated rings. The number of ether oxygens (including phenoxy) is 1. The third-order valence-corrected chi connectivity index (χ3v) is 4.30. The summed E-state index contributed by atoms with van der Waals surface area (Å²) in [6, 6.07) is 23.3. The van der Waals surface area contributed by atoms with E-state index < -0.39 is 5.97 Å². The summed E-state index contributed by atoms with van der Waals surface area (Å²) in [5.41, 5.74) is 3.21. The summed E-state index contributed by atoms with van der Waals surface area (Å²) in [6.45, 7) is 0.268. The Balaban J connectivity index is 1.69. The Hall–Kier alpha value is -3.55. The normalized spacial score (nSPS) is 10.9. The molecule has 0 aliphatic rings. The van der Waals surface area contributed by atoms with E-state index in [9.17, 15) is 10.1 Å². The first-order valence-corrected chi connectivity index (χ1v) is 8.86. The number of nitrogens with zero attached hydrogens (tertiary/aromatic N) is 1. The van der Waals surface area contributed by atoms with Crippen LogP contribution >= 0.6 is 11.6 Å². The van der Waals surface area contributed by atoms with Gasteiger partial charge in [0.15, 0.2) is 0 Å². The predicted octanol–water partition coefficient (Wildman–Crippen LogP) is 5.68. The molecule has 0 bridgehead atoms. The molecule has 0 aliphatic heterocycles. The van der Waals surface area contributed by atoms with Crippen molar-refractivity contribution >= 4 is 29.2 Å². The fourth-order valence-electron chi connectivity index (χ4n) is 2.60. The number of carboxylic acid groups (broad SMARTS) is 1. The van der Waals surface area contributed by atoms with Gasteiger partial charge in [0.2, 0.25) is 0 Å². The molecule has 3 aromatic rings. The molecule has 1 N–H and O–H groups in total. The number of rotatable bonds is 6. The van der Waals surface area contributed by atoms with Crippen LogP contribution in [-0.4, -0.2) is 11.1 Å². The summed E-state index contributed by atoms with van der Waals surface area (Å²) in [6.07, 6.45) is 1.79. The van der Waals surface area contributed by atoms with Crippen LogP contribution in [0.15, 0.2) is 72.8 Å². The van der Waals surface area contributed by atoms with Gasteiger partial charge >= 0.3 is 5.97 Å². The third-order valence-electron chi connectivity index (χ3n) is 4.05. The summed E-state index contributed by atoms with van der Waals surface area (Å²) in [5, 5.41) is 19.1. The Kier molecular flexibility index (Phi) is 6.11. The first kappa shape index (κ1) is 19.2. The minimum atomic E-state index is -0.966. The molecule has 5 heteroatoms. The molecule has 28 heavy (non-hydrogen) atoms. The molecule has 0 amide bonds. The first-order chi connectivity index (χ1) is 13.5. The molecular weight excluding hydrogens is 374 g/mol. The minimum Gasteiger partial charge on any atom is -0.489 e. The number of hydrogen-bond donors (Lipinski definition) is 1. The number of hydrogen-bond acceptors (Lipinski definition) is 3. The lowest BCUT2D eigenvalue weighted by molar-refractivity contribution is 0.0696. The monoisotopic (exact) mass is 389 g/mol. The van der Waals surface area contributed by atoms with Crippen molar-refractivity contribution in [1.29, 1.82) is 5.26 Å². The molecule has 0 heterocycles. The summed E-state index contributed by atoms with van der Waals surface area (Å²) in [4.78, 5) is 11.0. The van der Waals surface area contributed by atoms with E-state index in [1.807, 2.05) is 30.3 Å². The Morgan fingerprint density at radius 3 is 2.39 bits per heavy atom. The molecule has 0 unspecified atom stereocenters. The van der Waals surface area contributed by atoms with Gasteiger partial charge in [0.1, 0.15) is 12.4 Å². The van der Waals surface area contributed by atoms with Crippen molar-refractivity contribution in [2.45, 2.75) is 6.61 Å². The van der Waals surface area contributed by atoms with Crippen LogP contribution in [0.5, 0.6) is 5.75 Å². The number of halogens is 1. The predicted molar refractivity (Wildman–Crippen MR) is 109 cm³/mol. The van der Waals surface area contributed by atoms with Crippen molar-refractivity contribution in [1.82, 2.24) is 0 Å². The van der Waals surface area contributed by atoms with Gasteiger partial charge in [-0.1, -0.05) is 48.0 Å². The van der Waals surface area contributed by atoms with Crippen molar-refractivity contribution in [2.75, 3.05) is 0 Å². The number of allylic oxidation sites excluding steroid dienone is 1. The van der Waals surface area contributed by atoms with Crippen LogP contribution in [0.25, 0.3) is 11.6 Å². The molecule has 0 radical (unpaired) electrons. The molecule has 3 rings (SSSR count). The second-order valence-corrected chi connectivity index (χ2v) is 6.48. The zero-order chi connectivity index (χ0) is 19.9. The van der Waals surface area contributed by atoms with E-state index in [0.717, 1.165) is 16.7 Å². The van der Waals surface area contributed by atoms with Crippen molar-refractivity contribution in [3.63, 3.8) is 0 Å². The molecule has 138 valence electrons.